The summed E-state index contributed by atoms with van der Waals surface area (Å²) in [4.78, 5) is 11.6. The van der Waals surface area contributed by atoms with Gasteiger partial charge in [-0.05, 0) is 31.1 Å². The summed E-state index contributed by atoms with van der Waals surface area (Å²) in [6, 6.07) is 0.0347. The summed E-state index contributed by atoms with van der Waals surface area (Å²) >= 11 is 0. The molecule has 16 heavy (non-hydrogen) atoms. The van der Waals surface area contributed by atoms with Crippen molar-refractivity contribution >= 4 is 5.91 Å². The van der Waals surface area contributed by atoms with Crippen LogP contribution in [0.5, 0.6) is 0 Å². The van der Waals surface area contributed by atoms with E-state index in [1.807, 2.05) is 0 Å². The Morgan fingerprint density at radius 1 is 1.50 bits per heavy atom. The summed E-state index contributed by atoms with van der Waals surface area (Å²) in [7, 11) is 0. The minimum Gasteiger partial charge on any atom is -0.356 e. The van der Waals surface area contributed by atoms with Crippen molar-refractivity contribution in [3.05, 3.63) is 0 Å². The van der Waals surface area contributed by atoms with E-state index in [1.54, 1.807) is 0 Å². The zero-order chi connectivity index (χ0) is 12.0. The first-order chi connectivity index (χ1) is 7.61. The minimum absolute atomic E-state index is 0.0347. The van der Waals surface area contributed by atoms with Crippen LogP contribution in [0.4, 0.5) is 0 Å². The Balaban J connectivity index is 2.10. The molecule has 1 amide bonds. The lowest BCUT2D eigenvalue weighted by molar-refractivity contribution is -0.121. The molecule has 3 N–H and O–H groups in total. The third kappa shape index (κ3) is 4.97. The van der Waals surface area contributed by atoms with Crippen LogP contribution in [-0.4, -0.2) is 18.5 Å². The van der Waals surface area contributed by atoms with E-state index in [4.69, 9.17) is 5.73 Å². The van der Waals surface area contributed by atoms with Gasteiger partial charge in [0.15, 0.2) is 0 Å². The Labute approximate surface area is 99.2 Å². The van der Waals surface area contributed by atoms with Gasteiger partial charge in [0.05, 0.1) is 0 Å². The first kappa shape index (κ1) is 13.5. The van der Waals surface area contributed by atoms with E-state index < -0.39 is 0 Å². The monoisotopic (exact) mass is 226 g/mol. The van der Waals surface area contributed by atoms with Crippen LogP contribution < -0.4 is 11.1 Å². The summed E-state index contributed by atoms with van der Waals surface area (Å²) in [5.41, 5.74) is 5.83. The molecule has 3 unspecified atom stereocenters. The molecule has 0 heterocycles. The zero-order valence-corrected chi connectivity index (χ0v) is 10.7. The third-order valence-electron chi connectivity index (χ3n) is 3.50. The maximum Gasteiger partial charge on any atom is 0.221 e. The fourth-order valence-corrected chi connectivity index (χ4v) is 2.55. The molecule has 1 fully saturated rings. The van der Waals surface area contributed by atoms with Gasteiger partial charge in [0, 0.05) is 19.0 Å². The molecule has 3 heteroatoms. The number of hydrogen-bond acceptors (Lipinski definition) is 2. The summed E-state index contributed by atoms with van der Waals surface area (Å²) in [5.74, 6) is 1.66. The maximum absolute atomic E-state index is 11.6. The molecule has 0 aliphatic heterocycles. The summed E-state index contributed by atoms with van der Waals surface area (Å²) < 4.78 is 0. The highest BCUT2D eigenvalue weighted by molar-refractivity contribution is 5.76. The molecule has 0 bridgehead atoms. The minimum atomic E-state index is 0.0347. The average Bonchev–Trinajstić information content (AvgIpc) is 2.61. The van der Waals surface area contributed by atoms with Crippen molar-refractivity contribution in [3.63, 3.8) is 0 Å². The normalized spacial score (nSPS) is 26.7. The van der Waals surface area contributed by atoms with E-state index in [0.29, 0.717) is 12.3 Å². The van der Waals surface area contributed by atoms with Crippen molar-refractivity contribution < 1.29 is 4.79 Å². The van der Waals surface area contributed by atoms with Crippen LogP contribution in [0.25, 0.3) is 0 Å². The highest BCUT2D eigenvalue weighted by Gasteiger charge is 2.21. The number of carbonyl (C=O) groups is 1. The maximum atomic E-state index is 11.6. The van der Waals surface area contributed by atoms with E-state index >= 15 is 0 Å². The standard InChI is InChI=1S/C13H26N2O/c1-3-4-12(14)8-13(16)15-9-11-6-5-10(2)7-11/h10-12H,3-9,14H2,1-2H3,(H,15,16). The van der Waals surface area contributed by atoms with E-state index in [9.17, 15) is 4.79 Å². The van der Waals surface area contributed by atoms with Gasteiger partial charge in [0.2, 0.25) is 5.91 Å². The SMILES string of the molecule is CCCC(N)CC(=O)NCC1CCC(C)C1. The van der Waals surface area contributed by atoms with Gasteiger partial charge in [-0.1, -0.05) is 26.7 Å². The summed E-state index contributed by atoms with van der Waals surface area (Å²) in [6.45, 7) is 5.23. The molecule has 0 aromatic rings. The Morgan fingerprint density at radius 3 is 2.81 bits per heavy atom. The van der Waals surface area contributed by atoms with E-state index in [1.165, 1.54) is 19.3 Å². The lowest BCUT2D eigenvalue weighted by Gasteiger charge is -2.13. The molecule has 0 spiro atoms. The third-order valence-corrected chi connectivity index (χ3v) is 3.50. The topological polar surface area (TPSA) is 55.1 Å². The molecule has 1 rings (SSSR count). The molecular formula is C13H26N2O. The number of carbonyl (C=O) groups excluding carboxylic acids is 1. The van der Waals surface area contributed by atoms with Crippen molar-refractivity contribution in [3.8, 4) is 0 Å². The highest BCUT2D eigenvalue weighted by atomic mass is 16.1. The largest absolute Gasteiger partial charge is 0.356 e. The van der Waals surface area contributed by atoms with Gasteiger partial charge in [-0.15, -0.1) is 0 Å². The zero-order valence-electron chi connectivity index (χ0n) is 10.7. The quantitative estimate of drug-likeness (QED) is 0.728. The first-order valence-electron chi connectivity index (χ1n) is 6.64. The van der Waals surface area contributed by atoms with Gasteiger partial charge in [0.25, 0.3) is 0 Å². The Morgan fingerprint density at radius 2 is 2.25 bits per heavy atom. The molecule has 1 saturated carbocycles. The Kier molecular flexibility index (Phi) is 5.81. The van der Waals surface area contributed by atoms with Crippen LogP contribution in [0.1, 0.15) is 52.4 Å². The van der Waals surface area contributed by atoms with Gasteiger partial charge in [-0.3, -0.25) is 4.79 Å². The number of amides is 1. The van der Waals surface area contributed by atoms with Crippen LogP contribution in [0.3, 0.4) is 0 Å². The number of nitrogens with two attached hydrogens (primary N) is 1. The Hall–Kier alpha value is -0.570. The second-order valence-electron chi connectivity index (χ2n) is 5.34. The fourth-order valence-electron chi connectivity index (χ4n) is 2.55. The Bertz CT molecular complexity index is 218. The molecule has 0 aromatic carbocycles. The van der Waals surface area contributed by atoms with Crippen LogP contribution in [0.2, 0.25) is 0 Å². The van der Waals surface area contributed by atoms with E-state index in [2.05, 4.69) is 19.2 Å². The van der Waals surface area contributed by atoms with Crippen molar-refractivity contribution in [1.29, 1.82) is 0 Å². The smallest absolute Gasteiger partial charge is 0.221 e. The fraction of sp³-hybridized carbons (Fsp3) is 0.923. The van der Waals surface area contributed by atoms with Crippen LogP contribution in [-0.2, 0) is 4.79 Å². The van der Waals surface area contributed by atoms with Gasteiger partial charge < -0.3 is 11.1 Å². The molecule has 3 atom stereocenters. The lowest BCUT2D eigenvalue weighted by Crippen LogP contribution is -2.34. The predicted octanol–water partition coefficient (Wildman–Crippen LogP) is 2.06. The van der Waals surface area contributed by atoms with Crippen LogP contribution in [0, 0.1) is 11.8 Å². The van der Waals surface area contributed by atoms with Crippen molar-refractivity contribution in [1.82, 2.24) is 5.32 Å². The van der Waals surface area contributed by atoms with Gasteiger partial charge in [0.1, 0.15) is 0 Å². The molecule has 94 valence electrons. The molecule has 1 aliphatic rings. The van der Waals surface area contributed by atoms with Gasteiger partial charge >= 0.3 is 0 Å². The van der Waals surface area contributed by atoms with Crippen LogP contribution in [0.15, 0.2) is 0 Å². The molecule has 1 aliphatic carbocycles. The van der Waals surface area contributed by atoms with E-state index in [0.717, 1.165) is 25.3 Å². The second-order valence-corrected chi connectivity index (χ2v) is 5.34. The lowest BCUT2D eigenvalue weighted by atomic mass is 10.1. The first-order valence-corrected chi connectivity index (χ1v) is 6.64. The highest BCUT2D eigenvalue weighted by Crippen LogP contribution is 2.29. The predicted molar refractivity (Wildman–Crippen MR) is 67.0 cm³/mol. The van der Waals surface area contributed by atoms with Crippen molar-refractivity contribution in [2.45, 2.75) is 58.4 Å². The van der Waals surface area contributed by atoms with E-state index in [-0.39, 0.29) is 11.9 Å². The van der Waals surface area contributed by atoms with Gasteiger partial charge in [-0.2, -0.15) is 0 Å². The summed E-state index contributed by atoms with van der Waals surface area (Å²) in [5, 5.41) is 3.02. The number of hydrogen-bond donors (Lipinski definition) is 2. The van der Waals surface area contributed by atoms with Crippen molar-refractivity contribution in [2.75, 3.05) is 6.54 Å². The number of nitrogens with one attached hydrogen (secondary N) is 1. The molecule has 0 saturated heterocycles. The molecule has 3 nitrogen and oxygen atoms in total. The second kappa shape index (κ2) is 6.89. The average molecular weight is 226 g/mol. The van der Waals surface area contributed by atoms with Crippen molar-refractivity contribution in [2.24, 2.45) is 17.6 Å². The molecule has 0 aromatic heterocycles. The number of rotatable bonds is 6. The molecule has 0 radical (unpaired) electrons. The van der Waals surface area contributed by atoms with Gasteiger partial charge in [-0.25, -0.2) is 0 Å². The van der Waals surface area contributed by atoms with Crippen LogP contribution >= 0.6 is 0 Å². The summed E-state index contributed by atoms with van der Waals surface area (Å²) in [6.07, 6.45) is 6.32. The molecular weight excluding hydrogens is 200 g/mol.